The lowest BCUT2D eigenvalue weighted by Crippen LogP contribution is -1.85. The molecule has 4 heteroatoms. The Morgan fingerprint density at radius 1 is 1.12 bits per heavy atom. The van der Waals surface area contributed by atoms with Gasteiger partial charge in [-0.05, 0) is 22.9 Å². The van der Waals surface area contributed by atoms with E-state index in [0.29, 0.717) is 0 Å². The van der Waals surface area contributed by atoms with E-state index in [2.05, 4.69) is 45.2 Å². The average Bonchev–Trinajstić information content (AvgIpc) is 2.98. The van der Waals surface area contributed by atoms with Crippen LogP contribution in [0.3, 0.4) is 0 Å². The van der Waals surface area contributed by atoms with Gasteiger partial charge in [-0.2, -0.15) is 5.10 Å². The second kappa shape index (κ2) is 4.23. The van der Waals surface area contributed by atoms with Gasteiger partial charge in [0.25, 0.3) is 0 Å². The molecule has 16 heavy (non-hydrogen) atoms. The van der Waals surface area contributed by atoms with E-state index in [4.69, 9.17) is 0 Å². The van der Waals surface area contributed by atoms with Crippen LogP contribution in [0.4, 0.5) is 0 Å². The van der Waals surface area contributed by atoms with Crippen molar-refractivity contribution in [3.63, 3.8) is 0 Å². The number of H-pyrrole nitrogens is 1. The van der Waals surface area contributed by atoms with Gasteiger partial charge in [0.05, 0.1) is 16.8 Å². The number of nitrogens with zero attached hydrogens (tertiary/aromatic N) is 1. The Bertz CT molecular complexity index is 550. The van der Waals surface area contributed by atoms with Crippen molar-refractivity contribution in [1.29, 1.82) is 0 Å². The molecule has 0 radical (unpaired) electrons. The lowest BCUT2D eigenvalue weighted by atomic mass is 10.1. The first-order valence-electron chi connectivity index (χ1n) is 5.02. The molecule has 0 unspecified atom stereocenters. The minimum atomic E-state index is 0.960. The maximum atomic E-state index is 4.14. The standard InChI is InChI=1S/C12H10N2S2/c1-3-10(15-5-1)7-9-8-13-14-12(9)11-4-2-6-16-11/h1-6,8H,7H2,(H,13,14). The van der Waals surface area contributed by atoms with E-state index in [1.807, 2.05) is 6.20 Å². The van der Waals surface area contributed by atoms with Crippen LogP contribution in [-0.4, -0.2) is 10.2 Å². The van der Waals surface area contributed by atoms with Crippen LogP contribution in [0.25, 0.3) is 10.6 Å². The summed E-state index contributed by atoms with van der Waals surface area (Å²) in [5, 5.41) is 11.4. The zero-order valence-corrected chi connectivity index (χ0v) is 10.1. The number of thiophene rings is 2. The maximum Gasteiger partial charge on any atom is 0.0785 e. The Morgan fingerprint density at radius 3 is 2.75 bits per heavy atom. The molecule has 2 nitrogen and oxygen atoms in total. The van der Waals surface area contributed by atoms with Crippen molar-refractivity contribution in [1.82, 2.24) is 10.2 Å². The molecule has 3 aromatic rings. The number of nitrogens with one attached hydrogen (secondary N) is 1. The molecule has 0 bridgehead atoms. The van der Waals surface area contributed by atoms with Crippen molar-refractivity contribution < 1.29 is 0 Å². The van der Waals surface area contributed by atoms with Crippen molar-refractivity contribution in [2.45, 2.75) is 6.42 Å². The molecule has 80 valence electrons. The smallest absolute Gasteiger partial charge is 0.0785 e. The highest BCUT2D eigenvalue weighted by Gasteiger charge is 2.09. The van der Waals surface area contributed by atoms with Gasteiger partial charge in [0.1, 0.15) is 0 Å². The first-order chi connectivity index (χ1) is 7.93. The normalized spacial score (nSPS) is 10.8. The second-order valence-corrected chi connectivity index (χ2v) is 5.48. The predicted molar refractivity (Wildman–Crippen MR) is 69.0 cm³/mol. The predicted octanol–water partition coefficient (Wildman–Crippen LogP) is 3.79. The van der Waals surface area contributed by atoms with Crippen LogP contribution in [0.5, 0.6) is 0 Å². The van der Waals surface area contributed by atoms with Crippen molar-refractivity contribution in [3.05, 3.63) is 51.7 Å². The molecule has 0 aliphatic rings. The summed E-state index contributed by atoms with van der Waals surface area (Å²) < 4.78 is 0. The summed E-state index contributed by atoms with van der Waals surface area (Å²) in [6.45, 7) is 0. The Balaban J connectivity index is 1.94. The number of hydrogen-bond acceptors (Lipinski definition) is 3. The SMILES string of the molecule is c1csc(Cc2cn[nH]c2-c2cccs2)c1. The Labute approximate surface area is 102 Å². The lowest BCUT2D eigenvalue weighted by molar-refractivity contribution is 1.10. The molecule has 0 aliphatic carbocycles. The Hall–Kier alpha value is -1.39. The van der Waals surface area contributed by atoms with Crippen LogP contribution in [-0.2, 0) is 6.42 Å². The molecule has 0 atom stereocenters. The third kappa shape index (κ3) is 1.81. The monoisotopic (exact) mass is 246 g/mol. The van der Waals surface area contributed by atoms with Crippen molar-refractivity contribution >= 4 is 22.7 Å². The second-order valence-electron chi connectivity index (χ2n) is 3.50. The first kappa shape index (κ1) is 9.81. The fourth-order valence-corrected chi connectivity index (χ4v) is 3.16. The lowest BCUT2D eigenvalue weighted by Gasteiger charge is -1.98. The molecule has 0 amide bonds. The Morgan fingerprint density at radius 2 is 2.00 bits per heavy atom. The number of aromatic nitrogens is 2. The van der Waals surface area contributed by atoms with Gasteiger partial charge in [-0.25, -0.2) is 0 Å². The summed E-state index contributed by atoms with van der Waals surface area (Å²) in [5.41, 5.74) is 2.42. The topological polar surface area (TPSA) is 28.7 Å². The van der Waals surface area contributed by atoms with E-state index in [1.165, 1.54) is 15.3 Å². The van der Waals surface area contributed by atoms with Crippen molar-refractivity contribution in [2.24, 2.45) is 0 Å². The molecular weight excluding hydrogens is 236 g/mol. The molecule has 3 rings (SSSR count). The minimum absolute atomic E-state index is 0.960. The van der Waals surface area contributed by atoms with Gasteiger partial charge < -0.3 is 0 Å². The summed E-state index contributed by atoms with van der Waals surface area (Å²) >= 11 is 3.53. The highest BCUT2D eigenvalue weighted by atomic mass is 32.1. The Kier molecular flexibility index (Phi) is 2.60. The molecule has 0 saturated carbocycles. The molecule has 3 aromatic heterocycles. The van der Waals surface area contributed by atoms with Crippen LogP contribution < -0.4 is 0 Å². The molecule has 0 aliphatic heterocycles. The van der Waals surface area contributed by atoms with Gasteiger partial charge in [0.2, 0.25) is 0 Å². The van der Waals surface area contributed by atoms with E-state index in [9.17, 15) is 0 Å². The summed E-state index contributed by atoms with van der Waals surface area (Å²) in [6.07, 6.45) is 2.89. The van der Waals surface area contributed by atoms with Crippen LogP contribution in [0.2, 0.25) is 0 Å². The van der Waals surface area contributed by atoms with Crippen molar-refractivity contribution in [2.75, 3.05) is 0 Å². The van der Waals surface area contributed by atoms with Crippen LogP contribution in [0, 0.1) is 0 Å². The fraction of sp³-hybridized carbons (Fsp3) is 0.0833. The number of hydrogen-bond donors (Lipinski definition) is 1. The van der Waals surface area contributed by atoms with Crippen molar-refractivity contribution in [3.8, 4) is 10.6 Å². The fourth-order valence-electron chi connectivity index (χ4n) is 1.68. The number of rotatable bonds is 3. The van der Waals surface area contributed by atoms with E-state index in [-0.39, 0.29) is 0 Å². The first-order valence-corrected chi connectivity index (χ1v) is 6.78. The highest BCUT2D eigenvalue weighted by Crippen LogP contribution is 2.27. The van der Waals surface area contributed by atoms with E-state index in [0.717, 1.165) is 12.1 Å². The van der Waals surface area contributed by atoms with Gasteiger partial charge in [0.15, 0.2) is 0 Å². The zero-order chi connectivity index (χ0) is 10.8. The number of aromatic amines is 1. The molecule has 0 fully saturated rings. The van der Waals surface area contributed by atoms with E-state index < -0.39 is 0 Å². The summed E-state index contributed by atoms with van der Waals surface area (Å²) in [6, 6.07) is 8.44. The molecule has 0 spiro atoms. The van der Waals surface area contributed by atoms with Gasteiger partial charge in [0, 0.05) is 16.9 Å². The van der Waals surface area contributed by atoms with Crippen LogP contribution >= 0.6 is 22.7 Å². The zero-order valence-electron chi connectivity index (χ0n) is 8.51. The maximum absolute atomic E-state index is 4.14. The van der Waals surface area contributed by atoms with E-state index >= 15 is 0 Å². The van der Waals surface area contributed by atoms with Crippen LogP contribution in [0.15, 0.2) is 41.2 Å². The third-order valence-electron chi connectivity index (χ3n) is 2.43. The third-order valence-corrected chi connectivity index (χ3v) is 4.19. The molecule has 3 heterocycles. The van der Waals surface area contributed by atoms with Gasteiger partial charge in [-0.3, -0.25) is 5.10 Å². The van der Waals surface area contributed by atoms with Gasteiger partial charge in [-0.15, -0.1) is 22.7 Å². The summed E-state index contributed by atoms with van der Waals surface area (Å²) in [5.74, 6) is 0. The van der Waals surface area contributed by atoms with Crippen LogP contribution in [0.1, 0.15) is 10.4 Å². The quantitative estimate of drug-likeness (QED) is 0.748. The molecule has 0 aromatic carbocycles. The average molecular weight is 246 g/mol. The largest absolute Gasteiger partial charge is 0.277 e. The molecular formula is C12H10N2S2. The minimum Gasteiger partial charge on any atom is -0.277 e. The van der Waals surface area contributed by atoms with Gasteiger partial charge in [-0.1, -0.05) is 12.1 Å². The van der Waals surface area contributed by atoms with Gasteiger partial charge >= 0.3 is 0 Å². The summed E-state index contributed by atoms with van der Waals surface area (Å²) in [4.78, 5) is 2.63. The molecule has 1 N–H and O–H groups in total. The van der Waals surface area contributed by atoms with E-state index in [1.54, 1.807) is 22.7 Å². The molecule has 0 saturated heterocycles. The highest BCUT2D eigenvalue weighted by molar-refractivity contribution is 7.13. The summed E-state index contributed by atoms with van der Waals surface area (Å²) in [7, 11) is 0.